The quantitative estimate of drug-likeness (QED) is 0.916. The van der Waals surface area contributed by atoms with Gasteiger partial charge < -0.3 is 5.32 Å². The second-order valence-corrected chi connectivity index (χ2v) is 6.74. The van der Waals surface area contributed by atoms with Gasteiger partial charge in [0.25, 0.3) is 11.1 Å². The van der Waals surface area contributed by atoms with Crippen molar-refractivity contribution in [2.24, 2.45) is 0 Å². The first-order valence-corrected chi connectivity index (χ1v) is 8.29. The van der Waals surface area contributed by atoms with Crippen LogP contribution < -0.4 is 10.2 Å². The minimum atomic E-state index is -0.594. The molecular formula is C18H18N2O2S. The number of rotatable bonds is 3. The van der Waals surface area contributed by atoms with E-state index in [1.165, 1.54) is 4.90 Å². The summed E-state index contributed by atoms with van der Waals surface area (Å²) in [5.74, 6) is -0.228. The molecule has 23 heavy (non-hydrogen) atoms. The first-order chi connectivity index (χ1) is 11.0. The molecule has 2 aromatic rings. The molecule has 2 aromatic carbocycles. The molecule has 1 aliphatic rings. The molecule has 0 radical (unpaired) electrons. The molecule has 1 atom stereocenters. The molecule has 0 unspecified atom stereocenters. The van der Waals surface area contributed by atoms with E-state index in [1.807, 2.05) is 57.2 Å². The van der Waals surface area contributed by atoms with Crippen molar-refractivity contribution in [1.82, 2.24) is 0 Å². The van der Waals surface area contributed by atoms with Gasteiger partial charge in [-0.3, -0.25) is 9.59 Å². The first kappa shape index (κ1) is 15.6. The van der Waals surface area contributed by atoms with Crippen molar-refractivity contribution in [1.29, 1.82) is 0 Å². The Hall–Kier alpha value is -2.27. The van der Waals surface area contributed by atoms with Gasteiger partial charge in [-0.15, -0.1) is 0 Å². The van der Waals surface area contributed by atoms with E-state index in [-0.39, 0.29) is 11.1 Å². The van der Waals surface area contributed by atoms with Crippen LogP contribution in [0, 0.1) is 20.8 Å². The minimum absolute atomic E-state index is 0.228. The van der Waals surface area contributed by atoms with Crippen LogP contribution in [0.5, 0.6) is 0 Å². The number of hydrogen-bond donors (Lipinski definition) is 1. The Morgan fingerprint density at radius 1 is 1.00 bits per heavy atom. The molecule has 3 rings (SSSR count). The molecular weight excluding hydrogens is 308 g/mol. The molecule has 1 heterocycles. The Balaban J connectivity index is 1.85. The summed E-state index contributed by atoms with van der Waals surface area (Å²) in [6.07, 6.45) is 0. The van der Waals surface area contributed by atoms with Crippen LogP contribution in [-0.2, 0) is 4.79 Å². The Bertz CT molecular complexity index is 788. The van der Waals surface area contributed by atoms with Crippen LogP contribution in [0.3, 0.4) is 0 Å². The van der Waals surface area contributed by atoms with Crippen LogP contribution in [-0.4, -0.2) is 16.5 Å². The normalized spacial score (nSPS) is 17.7. The molecule has 5 heteroatoms. The van der Waals surface area contributed by atoms with Crippen LogP contribution in [0.25, 0.3) is 0 Å². The number of nitrogens with zero attached hydrogens (tertiary/aromatic N) is 1. The first-order valence-electron chi connectivity index (χ1n) is 7.41. The summed E-state index contributed by atoms with van der Waals surface area (Å²) in [6.45, 7) is 5.90. The maximum absolute atomic E-state index is 12.7. The van der Waals surface area contributed by atoms with E-state index in [4.69, 9.17) is 0 Å². The molecule has 2 amide bonds. The topological polar surface area (TPSA) is 49.4 Å². The van der Waals surface area contributed by atoms with Crippen molar-refractivity contribution in [2.45, 2.75) is 26.1 Å². The molecule has 1 fully saturated rings. The zero-order valence-electron chi connectivity index (χ0n) is 13.3. The highest BCUT2D eigenvalue weighted by atomic mass is 32.2. The Morgan fingerprint density at radius 2 is 1.74 bits per heavy atom. The van der Waals surface area contributed by atoms with Gasteiger partial charge in [0.2, 0.25) is 0 Å². The number of nitrogens with one attached hydrogen (secondary N) is 1. The van der Waals surface area contributed by atoms with E-state index in [1.54, 1.807) is 6.07 Å². The molecule has 1 aliphatic heterocycles. The predicted octanol–water partition coefficient (Wildman–Crippen LogP) is 4.25. The third-order valence-corrected chi connectivity index (χ3v) is 4.81. The molecule has 1 N–H and O–H groups in total. The average Bonchev–Trinajstić information content (AvgIpc) is 2.77. The SMILES string of the molecule is Cc1ccc(N[C@@H]2SC(=O)N(c3ccccc3C)C2=O)c(C)c1. The number of hydrogen-bond acceptors (Lipinski definition) is 4. The molecule has 0 bridgehead atoms. The van der Waals surface area contributed by atoms with Gasteiger partial charge in [-0.2, -0.15) is 0 Å². The van der Waals surface area contributed by atoms with Crippen LogP contribution in [0.1, 0.15) is 16.7 Å². The number of benzene rings is 2. The molecule has 0 saturated carbocycles. The number of thioether (sulfide) groups is 1. The number of carbonyl (C=O) groups is 2. The van der Waals surface area contributed by atoms with Crippen LogP contribution in [0.4, 0.5) is 16.2 Å². The van der Waals surface area contributed by atoms with Gasteiger partial charge in [-0.25, -0.2) is 4.90 Å². The second-order valence-electron chi connectivity index (χ2n) is 5.69. The maximum atomic E-state index is 12.7. The molecule has 118 valence electrons. The lowest BCUT2D eigenvalue weighted by Gasteiger charge is -2.17. The highest BCUT2D eigenvalue weighted by Crippen LogP contribution is 2.34. The molecule has 0 aromatic heterocycles. The Kier molecular flexibility index (Phi) is 4.13. The van der Waals surface area contributed by atoms with E-state index in [2.05, 4.69) is 5.32 Å². The monoisotopic (exact) mass is 326 g/mol. The van der Waals surface area contributed by atoms with E-state index < -0.39 is 5.37 Å². The standard InChI is InChI=1S/C18H18N2O2S/c1-11-8-9-14(13(3)10-11)19-16-17(21)20(18(22)23-16)15-7-5-4-6-12(15)2/h4-10,16,19H,1-3H3/t16-/m1/s1. The summed E-state index contributed by atoms with van der Waals surface area (Å²) in [4.78, 5) is 26.2. The zero-order chi connectivity index (χ0) is 16.6. The van der Waals surface area contributed by atoms with Gasteiger partial charge in [0.05, 0.1) is 5.69 Å². The number of carbonyl (C=O) groups excluding carboxylic acids is 2. The van der Waals surface area contributed by atoms with Gasteiger partial charge in [-0.05, 0) is 55.8 Å². The highest BCUT2D eigenvalue weighted by Gasteiger charge is 2.41. The third kappa shape index (κ3) is 2.97. The van der Waals surface area contributed by atoms with Gasteiger partial charge >= 0.3 is 0 Å². The molecule has 4 nitrogen and oxygen atoms in total. The van der Waals surface area contributed by atoms with E-state index in [9.17, 15) is 9.59 Å². The lowest BCUT2D eigenvalue weighted by Crippen LogP contribution is -2.34. The summed E-state index contributed by atoms with van der Waals surface area (Å²) >= 11 is 1.02. The summed E-state index contributed by atoms with van der Waals surface area (Å²) < 4.78 is 0. The molecule has 1 saturated heterocycles. The van der Waals surface area contributed by atoms with Gasteiger partial charge in [-0.1, -0.05) is 35.9 Å². The summed E-state index contributed by atoms with van der Waals surface area (Å²) in [7, 11) is 0. The molecule has 0 spiro atoms. The van der Waals surface area contributed by atoms with Crippen molar-refractivity contribution in [3.63, 3.8) is 0 Å². The largest absolute Gasteiger partial charge is 0.365 e. The van der Waals surface area contributed by atoms with Gasteiger partial charge in [0, 0.05) is 5.69 Å². The third-order valence-electron chi connectivity index (χ3n) is 3.87. The van der Waals surface area contributed by atoms with Crippen LogP contribution in [0.15, 0.2) is 42.5 Å². The van der Waals surface area contributed by atoms with Crippen molar-refractivity contribution < 1.29 is 9.59 Å². The van der Waals surface area contributed by atoms with Crippen LogP contribution >= 0.6 is 11.8 Å². The van der Waals surface area contributed by atoms with Crippen molar-refractivity contribution in [3.8, 4) is 0 Å². The van der Waals surface area contributed by atoms with Gasteiger partial charge in [0.1, 0.15) is 0 Å². The smallest absolute Gasteiger partial charge is 0.295 e. The fourth-order valence-electron chi connectivity index (χ4n) is 2.65. The fraction of sp³-hybridized carbons (Fsp3) is 0.222. The van der Waals surface area contributed by atoms with Gasteiger partial charge in [0.15, 0.2) is 5.37 Å². The number of para-hydroxylation sites is 1. The fourth-order valence-corrected chi connectivity index (χ4v) is 3.54. The zero-order valence-corrected chi connectivity index (χ0v) is 14.1. The Morgan fingerprint density at radius 3 is 2.43 bits per heavy atom. The minimum Gasteiger partial charge on any atom is -0.365 e. The number of anilines is 2. The summed E-state index contributed by atoms with van der Waals surface area (Å²) in [6, 6.07) is 13.4. The lowest BCUT2D eigenvalue weighted by atomic mass is 10.1. The summed E-state index contributed by atoms with van der Waals surface area (Å²) in [5.41, 5.74) is 4.65. The number of aryl methyl sites for hydroxylation is 3. The summed E-state index contributed by atoms with van der Waals surface area (Å²) in [5, 5.41) is 2.35. The Labute approximate surface area is 139 Å². The van der Waals surface area contributed by atoms with Crippen LogP contribution in [0.2, 0.25) is 0 Å². The van der Waals surface area contributed by atoms with Crippen molar-refractivity contribution in [3.05, 3.63) is 59.2 Å². The number of imide groups is 1. The number of amides is 2. The molecule has 0 aliphatic carbocycles. The lowest BCUT2D eigenvalue weighted by molar-refractivity contribution is -0.116. The predicted molar refractivity (Wildman–Crippen MR) is 95.0 cm³/mol. The average molecular weight is 326 g/mol. The van der Waals surface area contributed by atoms with E-state index >= 15 is 0 Å². The van der Waals surface area contributed by atoms with E-state index in [0.29, 0.717) is 5.69 Å². The van der Waals surface area contributed by atoms with E-state index in [0.717, 1.165) is 34.1 Å². The second kappa shape index (κ2) is 6.08. The van der Waals surface area contributed by atoms with Crippen molar-refractivity contribution >= 4 is 34.3 Å². The van der Waals surface area contributed by atoms with Crippen molar-refractivity contribution in [2.75, 3.05) is 10.2 Å². The highest BCUT2D eigenvalue weighted by molar-refractivity contribution is 8.16. The maximum Gasteiger partial charge on any atom is 0.295 e.